The fourth-order valence-electron chi connectivity index (χ4n) is 3.18. The number of halogens is 2. The third kappa shape index (κ3) is 3.25. The highest BCUT2D eigenvalue weighted by atomic mass is 35.5. The second-order valence-corrected chi connectivity index (χ2v) is 7.15. The second-order valence-electron chi connectivity index (χ2n) is 6.27. The summed E-state index contributed by atoms with van der Waals surface area (Å²) in [6.07, 6.45) is 3.01. The zero-order valence-electron chi connectivity index (χ0n) is 13.6. The van der Waals surface area contributed by atoms with Gasteiger partial charge in [-0.05, 0) is 54.5 Å². The minimum atomic E-state index is -0.108. The lowest BCUT2D eigenvalue weighted by atomic mass is 10.0. The van der Waals surface area contributed by atoms with E-state index in [1.54, 1.807) is 18.2 Å². The van der Waals surface area contributed by atoms with E-state index < -0.39 is 0 Å². The molecule has 0 radical (unpaired) electrons. The molecule has 2 aliphatic rings. The highest BCUT2D eigenvalue weighted by molar-refractivity contribution is 6.35. The molecule has 25 heavy (non-hydrogen) atoms. The van der Waals surface area contributed by atoms with Crippen LogP contribution >= 0.6 is 23.2 Å². The van der Waals surface area contributed by atoms with Gasteiger partial charge in [-0.25, -0.2) is 10.4 Å². The molecule has 128 valence electrons. The van der Waals surface area contributed by atoms with Gasteiger partial charge in [-0.15, -0.1) is 0 Å². The number of nitrogens with zero attached hydrogens (tertiary/aromatic N) is 1. The first-order chi connectivity index (χ1) is 12.0. The molecule has 0 spiro atoms. The van der Waals surface area contributed by atoms with E-state index in [4.69, 9.17) is 27.9 Å². The zero-order valence-corrected chi connectivity index (χ0v) is 15.1. The van der Waals surface area contributed by atoms with Gasteiger partial charge in [0.1, 0.15) is 11.9 Å². The van der Waals surface area contributed by atoms with Gasteiger partial charge in [0.15, 0.2) is 0 Å². The molecule has 0 aromatic heterocycles. The van der Waals surface area contributed by atoms with Crippen molar-refractivity contribution in [3.63, 3.8) is 0 Å². The number of carbonyl (C=O) groups excluding carboxylic acids is 1. The zero-order chi connectivity index (χ0) is 17.6. The smallest absolute Gasteiger partial charge is 0.269 e. The summed E-state index contributed by atoms with van der Waals surface area (Å²) in [5.41, 5.74) is 6.56. The highest BCUT2D eigenvalue weighted by Crippen LogP contribution is 2.31. The van der Waals surface area contributed by atoms with Crippen molar-refractivity contribution < 1.29 is 9.53 Å². The summed E-state index contributed by atoms with van der Waals surface area (Å²) in [5, 5.41) is 2.45. The SMILES string of the molecule is C[C@H]1Cc2cc(/C=C3\CNN(c4cc(Cl)cc(Cl)c4)C3=O)ccc2O1. The van der Waals surface area contributed by atoms with Crippen LogP contribution in [0.25, 0.3) is 6.08 Å². The summed E-state index contributed by atoms with van der Waals surface area (Å²) in [6, 6.07) is 11.1. The number of carbonyl (C=O) groups is 1. The van der Waals surface area contributed by atoms with Crippen LogP contribution in [-0.2, 0) is 11.2 Å². The maximum atomic E-state index is 12.7. The van der Waals surface area contributed by atoms with E-state index in [1.807, 2.05) is 18.2 Å². The van der Waals surface area contributed by atoms with Gasteiger partial charge >= 0.3 is 0 Å². The summed E-state index contributed by atoms with van der Waals surface area (Å²) in [7, 11) is 0. The monoisotopic (exact) mass is 374 g/mol. The molecule has 2 aliphatic heterocycles. The predicted molar refractivity (Wildman–Crippen MR) is 100 cm³/mol. The summed E-state index contributed by atoms with van der Waals surface area (Å²) in [6.45, 7) is 2.50. The van der Waals surface area contributed by atoms with Crippen LogP contribution in [0.15, 0.2) is 42.0 Å². The molecule has 1 saturated heterocycles. The molecule has 1 fully saturated rings. The molecule has 6 heteroatoms. The van der Waals surface area contributed by atoms with Crippen LogP contribution < -0.4 is 15.2 Å². The molecule has 0 bridgehead atoms. The Balaban J connectivity index is 1.59. The Morgan fingerprint density at radius 2 is 1.96 bits per heavy atom. The predicted octanol–water partition coefficient (Wildman–Crippen LogP) is 4.25. The van der Waals surface area contributed by atoms with Crippen LogP contribution in [-0.4, -0.2) is 18.6 Å². The third-order valence-corrected chi connectivity index (χ3v) is 4.71. The average Bonchev–Trinajstić information content (AvgIpc) is 3.08. The Bertz CT molecular complexity index is 875. The number of fused-ring (bicyclic) bond motifs is 1. The van der Waals surface area contributed by atoms with E-state index in [-0.39, 0.29) is 12.0 Å². The van der Waals surface area contributed by atoms with Crippen molar-refractivity contribution in [2.45, 2.75) is 19.4 Å². The number of ether oxygens (including phenoxy) is 1. The van der Waals surface area contributed by atoms with Gasteiger partial charge in [0.25, 0.3) is 5.91 Å². The first-order valence-corrected chi connectivity index (χ1v) is 8.79. The quantitative estimate of drug-likeness (QED) is 0.798. The van der Waals surface area contributed by atoms with Crippen LogP contribution in [0, 0.1) is 0 Å². The Hall–Kier alpha value is -2.01. The maximum absolute atomic E-state index is 12.7. The van der Waals surface area contributed by atoms with Gasteiger partial charge in [0.2, 0.25) is 0 Å². The van der Waals surface area contributed by atoms with Crippen LogP contribution in [0.3, 0.4) is 0 Å². The van der Waals surface area contributed by atoms with E-state index in [0.29, 0.717) is 27.9 Å². The first kappa shape index (κ1) is 16.5. The number of amides is 1. The topological polar surface area (TPSA) is 41.6 Å². The van der Waals surface area contributed by atoms with E-state index in [9.17, 15) is 4.79 Å². The fourth-order valence-corrected chi connectivity index (χ4v) is 3.69. The first-order valence-electron chi connectivity index (χ1n) is 8.04. The highest BCUT2D eigenvalue weighted by Gasteiger charge is 2.27. The Labute approximate surface area is 156 Å². The third-order valence-electron chi connectivity index (χ3n) is 4.27. The van der Waals surface area contributed by atoms with E-state index in [1.165, 1.54) is 10.6 Å². The summed E-state index contributed by atoms with van der Waals surface area (Å²) < 4.78 is 5.72. The molecular formula is C19H16Cl2N2O2. The van der Waals surface area contributed by atoms with Gasteiger partial charge in [0.05, 0.1) is 5.69 Å². The molecule has 2 aromatic carbocycles. The summed E-state index contributed by atoms with van der Waals surface area (Å²) in [5.74, 6) is 0.823. The molecule has 0 saturated carbocycles. The lowest BCUT2D eigenvalue weighted by molar-refractivity contribution is -0.114. The maximum Gasteiger partial charge on any atom is 0.269 e. The number of anilines is 1. The van der Waals surface area contributed by atoms with Crippen molar-refractivity contribution in [2.75, 3.05) is 11.6 Å². The number of hydrogen-bond donors (Lipinski definition) is 1. The largest absolute Gasteiger partial charge is 0.490 e. The minimum absolute atomic E-state index is 0.108. The minimum Gasteiger partial charge on any atom is -0.490 e. The standard InChI is InChI=1S/C19H16Cl2N2O2/c1-11-4-13-5-12(2-3-18(13)25-11)6-14-10-22-23(19(14)24)17-8-15(20)7-16(21)9-17/h2-3,5-9,11,22H,4,10H2,1H3/b14-6+/t11-/m0/s1. The van der Waals surface area contributed by atoms with Gasteiger partial charge in [-0.3, -0.25) is 4.79 Å². The number of benzene rings is 2. The molecule has 2 heterocycles. The van der Waals surface area contributed by atoms with E-state index in [0.717, 1.165) is 17.7 Å². The Kier molecular flexibility index (Phi) is 4.20. The lowest BCUT2D eigenvalue weighted by Gasteiger charge is -2.15. The molecule has 1 amide bonds. The lowest BCUT2D eigenvalue weighted by Crippen LogP contribution is -2.34. The Morgan fingerprint density at radius 3 is 2.72 bits per heavy atom. The van der Waals surface area contributed by atoms with Crippen LogP contribution in [0.2, 0.25) is 10.0 Å². The van der Waals surface area contributed by atoms with Crippen molar-refractivity contribution in [1.29, 1.82) is 0 Å². The van der Waals surface area contributed by atoms with Crippen molar-refractivity contribution in [3.05, 3.63) is 63.1 Å². The Morgan fingerprint density at radius 1 is 1.20 bits per heavy atom. The van der Waals surface area contributed by atoms with Gasteiger partial charge < -0.3 is 4.74 Å². The summed E-state index contributed by atoms with van der Waals surface area (Å²) in [4.78, 5) is 12.7. The molecule has 1 N–H and O–H groups in total. The average molecular weight is 375 g/mol. The second kappa shape index (κ2) is 6.37. The van der Waals surface area contributed by atoms with Gasteiger partial charge in [-0.2, -0.15) is 0 Å². The molecule has 4 nitrogen and oxygen atoms in total. The van der Waals surface area contributed by atoms with Gasteiger partial charge in [-0.1, -0.05) is 29.3 Å². The fraction of sp³-hybridized carbons (Fsp3) is 0.211. The number of hydrogen-bond acceptors (Lipinski definition) is 3. The van der Waals surface area contributed by atoms with Crippen molar-refractivity contribution in [2.24, 2.45) is 0 Å². The van der Waals surface area contributed by atoms with Crippen LogP contribution in [0.4, 0.5) is 5.69 Å². The molecule has 0 aliphatic carbocycles. The summed E-state index contributed by atoms with van der Waals surface area (Å²) >= 11 is 12.1. The van der Waals surface area contributed by atoms with E-state index >= 15 is 0 Å². The van der Waals surface area contributed by atoms with Gasteiger partial charge in [0, 0.05) is 28.6 Å². The number of rotatable bonds is 2. The van der Waals surface area contributed by atoms with E-state index in [2.05, 4.69) is 18.4 Å². The van der Waals surface area contributed by atoms with Crippen LogP contribution in [0.5, 0.6) is 5.75 Å². The van der Waals surface area contributed by atoms with Crippen molar-refractivity contribution in [1.82, 2.24) is 5.43 Å². The molecular weight excluding hydrogens is 359 g/mol. The number of hydrazine groups is 1. The van der Waals surface area contributed by atoms with Crippen molar-refractivity contribution >= 4 is 40.9 Å². The molecule has 2 aromatic rings. The van der Waals surface area contributed by atoms with Crippen LogP contribution in [0.1, 0.15) is 18.1 Å². The molecule has 0 unspecified atom stereocenters. The van der Waals surface area contributed by atoms with Crippen molar-refractivity contribution in [3.8, 4) is 5.75 Å². The molecule has 4 rings (SSSR count). The normalized spacial score (nSPS) is 20.9. The number of nitrogens with one attached hydrogen (secondary N) is 1. The molecule has 1 atom stereocenters.